The van der Waals surface area contributed by atoms with E-state index in [0.29, 0.717) is 11.6 Å². The normalized spacial score (nSPS) is 16.7. The minimum absolute atomic E-state index is 0.396. The van der Waals surface area contributed by atoms with Gasteiger partial charge in [0.15, 0.2) is 0 Å². The number of hydrogen-bond acceptors (Lipinski definition) is 6. The van der Waals surface area contributed by atoms with E-state index in [1.807, 2.05) is 41.8 Å². The highest BCUT2D eigenvalue weighted by Gasteiger charge is 2.21. The Balaban J connectivity index is 1.47. The van der Waals surface area contributed by atoms with E-state index in [2.05, 4.69) is 27.0 Å². The van der Waals surface area contributed by atoms with Crippen molar-refractivity contribution in [3.05, 3.63) is 42.9 Å². The van der Waals surface area contributed by atoms with Crippen molar-refractivity contribution < 1.29 is 4.21 Å². The van der Waals surface area contributed by atoms with Gasteiger partial charge in [0.05, 0.1) is 27.7 Å². The van der Waals surface area contributed by atoms with Crippen LogP contribution in [-0.4, -0.2) is 71.4 Å². The number of aromatic nitrogens is 5. The molecule has 160 valence electrons. The fraction of sp³-hybridized carbons (Fsp3) is 0.286. The van der Waals surface area contributed by atoms with Crippen molar-refractivity contribution in [1.82, 2.24) is 33.9 Å². The Morgan fingerprint density at radius 3 is 2.61 bits per heavy atom. The number of pyridine rings is 1. The summed E-state index contributed by atoms with van der Waals surface area (Å²) in [6.07, 6.45) is 5.45. The van der Waals surface area contributed by atoms with Crippen molar-refractivity contribution in [2.24, 2.45) is 7.05 Å². The molecule has 9 nitrogen and oxygen atoms in total. The minimum atomic E-state index is -1.19. The summed E-state index contributed by atoms with van der Waals surface area (Å²) < 4.78 is 16.8. The van der Waals surface area contributed by atoms with Gasteiger partial charge in [-0.15, -0.1) is 0 Å². The topological polar surface area (TPSA) is 109 Å². The molecule has 1 saturated heterocycles. The third kappa shape index (κ3) is 3.85. The first kappa shape index (κ1) is 19.9. The number of aromatic amines is 1. The van der Waals surface area contributed by atoms with E-state index in [9.17, 15) is 4.21 Å². The monoisotopic (exact) mass is 436 g/mol. The Morgan fingerprint density at radius 2 is 1.87 bits per heavy atom. The lowest BCUT2D eigenvalue weighted by Gasteiger charge is -2.31. The van der Waals surface area contributed by atoms with Gasteiger partial charge >= 0.3 is 0 Å². The van der Waals surface area contributed by atoms with Crippen LogP contribution in [0.5, 0.6) is 0 Å². The van der Waals surface area contributed by atoms with E-state index in [1.165, 1.54) is 0 Å². The summed E-state index contributed by atoms with van der Waals surface area (Å²) in [4.78, 5) is 15.4. The van der Waals surface area contributed by atoms with Crippen molar-refractivity contribution in [2.45, 2.75) is 4.90 Å². The molecule has 1 aliphatic heterocycles. The van der Waals surface area contributed by atoms with Gasteiger partial charge in [-0.2, -0.15) is 5.10 Å². The van der Waals surface area contributed by atoms with E-state index in [4.69, 9.17) is 10.7 Å². The number of hydrogen-bond donors (Lipinski definition) is 2. The number of nitrogens with zero attached hydrogens (tertiary/aromatic N) is 6. The second-order valence-electron chi connectivity index (χ2n) is 7.81. The number of nitrogens with two attached hydrogens (primary N) is 1. The molecule has 0 saturated carbocycles. The summed E-state index contributed by atoms with van der Waals surface area (Å²) in [6.45, 7) is 3.42. The average Bonchev–Trinajstić information content (AvgIpc) is 3.39. The van der Waals surface area contributed by atoms with Crippen molar-refractivity contribution in [3.8, 4) is 22.5 Å². The molecule has 0 spiro atoms. The van der Waals surface area contributed by atoms with E-state index in [1.54, 1.807) is 17.1 Å². The predicted octanol–water partition coefficient (Wildman–Crippen LogP) is 1.88. The first-order valence-electron chi connectivity index (χ1n) is 10.1. The van der Waals surface area contributed by atoms with Gasteiger partial charge in [-0.05, 0) is 31.3 Å². The van der Waals surface area contributed by atoms with E-state index in [0.717, 1.165) is 58.8 Å². The molecule has 3 N–H and O–H groups in total. The molecule has 10 heteroatoms. The van der Waals surface area contributed by atoms with Crippen LogP contribution in [0.2, 0.25) is 0 Å². The average molecular weight is 437 g/mol. The zero-order valence-corrected chi connectivity index (χ0v) is 18.3. The van der Waals surface area contributed by atoms with Crippen molar-refractivity contribution >= 4 is 27.8 Å². The van der Waals surface area contributed by atoms with E-state index >= 15 is 0 Å². The van der Waals surface area contributed by atoms with Gasteiger partial charge in [-0.3, -0.25) is 4.68 Å². The number of anilines is 1. The molecule has 4 aromatic rings. The van der Waals surface area contributed by atoms with Gasteiger partial charge in [-0.1, -0.05) is 0 Å². The Kier molecular flexibility index (Phi) is 5.05. The van der Waals surface area contributed by atoms with Crippen LogP contribution in [0.3, 0.4) is 0 Å². The highest BCUT2D eigenvalue weighted by molar-refractivity contribution is 7.82. The molecule has 1 aromatic carbocycles. The number of H-pyrrole nitrogens is 1. The molecular weight excluding hydrogens is 412 g/mol. The highest BCUT2D eigenvalue weighted by atomic mass is 32.2. The van der Waals surface area contributed by atoms with E-state index < -0.39 is 11.0 Å². The Morgan fingerprint density at radius 1 is 1.06 bits per heavy atom. The number of benzene rings is 1. The summed E-state index contributed by atoms with van der Waals surface area (Å²) in [6, 6.07) is 7.65. The third-order valence-corrected chi connectivity index (χ3v) is 7.05. The first-order chi connectivity index (χ1) is 15.0. The van der Waals surface area contributed by atoms with Crippen LogP contribution in [0.25, 0.3) is 33.5 Å². The first-order valence-corrected chi connectivity index (χ1v) is 11.2. The summed E-state index contributed by atoms with van der Waals surface area (Å²) in [5.41, 5.74) is 10.4. The number of nitrogen functional groups attached to an aromatic ring is 1. The Hall–Kier alpha value is -3.08. The van der Waals surface area contributed by atoms with Crippen LogP contribution in [0.1, 0.15) is 0 Å². The van der Waals surface area contributed by atoms with Crippen LogP contribution in [0.15, 0.2) is 47.8 Å². The maximum Gasteiger partial charge on any atom is 0.142 e. The van der Waals surface area contributed by atoms with Gasteiger partial charge in [0.2, 0.25) is 0 Å². The molecule has 3 aromatic heterocycles. The molecule has 1 fully saturated rings. The molecule has 31 heavy (non-hydrogen) atoms. The van der Waals surface area contributed by atoms with Crippen LogP contribution in [0.4, 0.5) is 5.82 Å². The van der Waals surface area contributed by atoms with Crippen LogP contribution >= 0.6 is 0 Å². The third-order valence-electron chi connectivity index (χ3n) is 5.56. The van der Waals surface area contributed by atoms with E-state index in [-0.39, 0.29) is 0 Å². The van der Waals surface area contributed by atoms with Crippen LogP contribution < -0.4 is 5.73 Å². The van der Waals surface area contributed by atoms with Gasteiger partial charge < -0.3 is 15.6 Å². The Bertz CT molecular complexity index is 1270. The molecule has 1 atom stereocenters. The largest absolute Gasteiger partial charge is 0.383 e. The summed E-state index contributed by atoms with van der Waals surface area (Å²) in [7, 11) is 2.76. The number of nitrogens with one attached hydrogen (secondary N) is 1. The maximum atomic E-state index is 13.0. The molecule has 0 radical (unpaired) electrons. The molecule has 5 rings (SSSR count). The van der Waals surface area contributed by atoms with Crippen molar-refractivity contribution in [2.75, 3.05) is 39.0 Å². The lowest BCUT2D eigenvalue weighted by atomic mass is 10.1. The smallest absolute Gasteiger partial charge is 0.142 e. The van der Waals surface area contributed by atoms with Gasteiger partial charge in [-0.25, -0.2) is 18.5 Å². The Labute approximate surface area is 182 Å². The number of imidazole rings is 1. The lowest BCUT2D eigenvalue weighted by molar-refractivity contribution is 0.228. The van der Waals surface area contributed by atoms with Gasteiger partial charge in [0.1, 0.15) is 22.6 Å². The molecule has 1 aliphatic rings. The lowest BCUT2D eigenvalue weighted by Crippen LogP contribution is -2.45. The standard InChI is InChI=1S/C21H24N8OS/c1-27-5-7-29(8-6-27)31(30)16-3-4-18-19(10-16)26-21(25-18)17-9-14(11-23-20(17)22)15-12-24-28(2)13-15/h3-4,9-13H,5-8H2,1-2H3,(H2,22,23)(H,25,26). The van der Waals surface area contributed by atoms with Gasteiger partial charge in [0, 0.05) is 56.7 Å². The molecule has 0 amide bonds. The fourth-order valence-electron chi connectivity index (χ4n) is 3.72. The zero-order chi connectivity index (χ0) is 21.5. The minimum Gasteiger partial charge on any atom is -0.383 e. The summed E-state index contributed by atoms with van der Waals surface area (Å²) in [5, 5.41) is 4.22. The number of aryl methyl sites for hydroxylation is 1. The van der Waals surface area contributed by atoms with Crippen LogP contribution in [-0.2, 0) is 18.0 Å². The second-order valence-corrected chi connectivity index (χ2v) is 9.29. The van der Waals surface area contributed by atoms with Crippen LogP contribution in [0, 0.1) is 0 Å². The number of rotatable bonds is 4. The predicted molar refractivity (Wildman–Crippen MR) is 121 cm³/mol. The number of likely N-dealkylation sites (N-methyl/N-ethyl adjacent to an activating group) is 1. The molecule has 0 bridgehead atoms. The number of piperazine rings is 1. The summed E-state index contributed by atoms with van der Waals surface area (Å²) >= 11 is 0. The quantitative estimate of drug-likeness (QED) is 0.506. The maximum absolute atomic E-state index is 13.0. The molecular formula is C21H24N8OS. The summed E-state index contributed by atoms with van der Waals surface area (Å²) in [5.74, 6) is 1.03. The van der Waals surface area contributed by atoms with Crippen molar-refractivity contribution in [3.63, 3.8) is 0 Å². The zero-order valence-electron chi connectivity index (χ0n) is 17.4. The number of fused-ring (bicyclic) bond motifs is 1. The molecule has 4 heterocycles. The molecule has 1 unspecified atom stereocenters. The van der Waals surface area contributed by atoms with Crippen molar-refractivity contribution in [1.29, 1.82) is 0 Å². The highest BCUT2D eigenvalue weighted by Crippen LogP contribution is 2.30. The van der Waals surface area contributed by atoms with Gasteiger partial charge in [0.25, 0.3) is 0 Å². The SMILES string of the molecule is CN1CCN(S(=O)c2ccc3nc(-c4cc(-c5cnn(C)c5)cnc4N)[nH]c3c2)CC1. The second kappa shape index (κ2) is 7.88. The molecule has 0 aliphatic carbocycles. The fourth-order valence-corrected chi connectivity index (χ4v) is 4.92.